The van der Waals surface area contributed by atoms with Crippen molar-refractivity contribution in [2.24, 2.45) is 0 Å². The molecule has 0 aliphatic rings. The predicted molar refractivity (Wildman–Crippen MR) is 54.1 cm³/mol. The summed E-state index contributed by atoms with van der Waals surface area (Å²) in [5, 5.41) is 51.1. The molecule has 3 heterocycles. The zero-order valence-corrected chi connectivity index (χ0v) is 11.2. The Morgan fingerprint density at radius 3 is 0.947 bits per heavy atom. The molecular formula is C6H9AuN9O3. The summed E-state index contributed by atoms with van der Waals surface area (Å²) in [5.41, 5.74) is 0. The van der Waals surface area contributed by atoms with Gasteiger partial charge in [0.05, 0.1) is 0 Å². The molecule has 1 radical (unpaired) electrons. The summed E-state index contributed by atoms with van der Waals surface area (Å²) in [4.78, 5) is 0. The van der Waals surface area contributed by atoms with Gasteiger partial charge < -0.3 is 15.3 Å². The number of aromatic hydroxyl groups is 3. The molecule has 0 spiro atoms. The van der Waals surface area contributed by atoms with E-state index in [-0.39, 0.29) is 40.0 Å². The molecule has 3 aromatic rings. The molecule has 0 saturated heterocycles. The zero-order chi connectivity index (χ0) is 13.2. The third kappa shape index (κ3) is 8.31. The maximum Gasteiger partial charge on any atom is 0.250 e. The molecule has 0 amide bonds. The first-order valence-electron chi connectivity index (χ1n) is 4.32. The number of aromatic amines is 3. The topological polar surface area (TPSA) is 185 Å². The van der Waals surface area contributed by atoms with Gasteiger partial charge in [0.25, 0.3) is 17.6 Å². The van der Waals surface area contributed by atoms with E-state index in [1.165, 1.54) is 18.6 Å². The molecule has 3 aromatic heterocycles. The molecule has 0 bridgehead atoms. The maximum atomic E-state index is 8.27. The second kappa shape index (κ2) is 9.58. The van der Waals surface area contributed by atoms with Crippen molar-refractivity contribution in [3.63, 3.8) is 0 Å². The molecule has 0 aromatic carbocycles. The van der Waals surface area contributed by atoms with Gasteiger partial charge in [-0.25, -0.2) is 0 Å². The van der Waals surface area contributed by atoms with Gasteiger partial charge in [-0.05, 0) is 0 Å². The average molecular weight is 452 g/mol. The fourth-order valence-electron chi connectivity index (χ4n) is 0.587. The van der Waals surface area contributed by atoms with E-state index in [2.05, 4.69) is 46.2 Å². The van der Waals surface area contributed by atoms with Crippen LogP contribution in [0.4, 0.5) is 0 Å². The van der Waals surface area contributed by atoms with Gasteiger partial charge >= 0.3 is 0 Å². The van der Waals surface area contributed by atoms with Crippen molar-refractivity contribution in [1.82, 2.24) is 46.2 Å². The Morgan fingerprint density at radius 1 is 0.632 bits per heavy atom. The van der Waals surface area contributed by atoms with E-state index in [0.29, 0.717) is 0 Å². The van der Waals surface area contributed by atoms with Crippen molar-refractivity contribution in [2.45, 2.75) is 0 Å². The standard InChI is InChI=1S/3C2H3N3O.Au/c3*6-2-1-3-5-4-2;/h3*1H,(H2,3,4,5,6);. The molecule has 19 heavy (non-hydrogen) atoms. The number of rotatable bonds is 0. The Hall–Kier alpha value is -2.44. The van der Waals surface area contributed by atoms with Crippen LogP contribution in [0, 0.1) is 0 Å². The van der Waals surface area contributed by atoms with Crippen LogP contribution in [-0.2, 0) is 22.4 Å². The van der Waals surface area contributed by atoms with Gasteiger partial charge in [0.2, 0.25) is 0 Å². The fraction of sp³-hybridized carbons (Fsp3) is 0. The van der Waals surface area contributed by atoms with E-state index >= 15 is 0 Å². The van der Waals surface area contributed by atoms with Crippen molar-refractivity contribution in [3.05, 3.63) is 18.6 Å². The van der Waals surface area contributed by atoms with Crippen molar-refractivity contribution in [3.8, 4) is 17.6 Å². The van der Waals surface area contributed by atoms with Crippen molar-refractivity contribution >= 4 is 0 Å². The Bertz CT molecular complexity index is 419. The normalized spacial score (nSPS) is 8.21. The van der Waals surface area contributed by atoms with Crippen LogP contribution < -0.4 is 0 Å². The largest absolute Gasteiger partial charge is 0.491 e. The van der Waals surface area contributed by atoms with Crippen molar-refractivity contribution < 1.29 is 37.7 Å². The minimum Gasteiger partial charge on any atom is -0.491 e. The monoisotopic (exact) mass is 452 g/mol. The summed E-state index contributed by atoms with van der Waals surface area (Å²) in [6.45, 7) is 0. The van der Waals surface area contributed by atoms with Crippen LogP contribution in [0.15, 0.2) is 18.6 Å². The number of aromatic nitrogens is 9. The second-order valence-corrected chi connectivity index (χ2v) is 2.48. The van der Waals surface area contributed by atoms with E-state index in [1.54, 1.807) is 0 Å². The molecule has 0 aliphatic heterocycles. The third-order valence-corrected chi connectivity index (χ3v) is 1.21. The van der Waals surface area contributed by atoms with Crippen LogP contribution in [0.3, 0.4) is 0 Å². The number of hydrogen-bond donors (Lipinski definition) is 6. The Balaban J connectivity index is 0.000000249. The van der Waals surface area contributed by atoms with Crippen molar-refractivity contribution in [2.75, 3.05) is 0 Å². The summed E-state index contributed by atoms with van der Waals surface area (Å²) < 4.78 is 0. The van der Waals surface area contributed by atoms with Gasteiger partial charge in [-0.1, -0.05) is 0 Å². The molecule has 0 aliphatic carbocycles. The maximum absolute atomic E-state index is 8.27. The Morgan fingerprint density at radius 2 is 0.895 bits per heavy atom. The van der Waals surface area contributed by atoms with Crippen LogP contribution >= 0.6 is 0 Å². The SMILES string of the molecule is Oc1cn[nH]n1.Oc1cn[nH]n1.Oc1cn[nH]n1.[Au]. The van der Waals surface area contributed by atoms with Crippen LogP contribution in [-0.4, -0.2) is 61.6 Å². The smallest absolute Gasteiger partial charge is 0.250 e. The Kier molecular flexibility index (Phi) is 8.35. The molecule has 12 nitrogen and oxygen atoms in total. The molecule has 0 fully saturated rings. The molecule has 0 saturated carbocycles. The van der Waals surface area contributed by atoms with Crippen LogP contribution in [0.5, 0.6) is 17.6 Å². The summed E-state index contributed by atoms with van der Waals surface area (Å²) in [7, 11) is 0. The first-order valence-corrected chi connectivity index (χ1v) is 4.32. The first-order chi connectivity index (χ1) is 8.68. The fourth-order valence-corrected chi connectivity index (χ4v) is 0.587. The number of nitrogens with zero attached hydrogens (tertiary/aromatic N) is 6. The number of H-pyrrole nitrogens is 3. The molecule has 0 unspecified atom stereocenters. The van der Waals surface area contributed by atoms with Crippen LogP contribution in [0.25, 0.3) is 0 Å². The molecule has 107 valence electrons. The second-order valence-electron chi connectivity index (χ2n) is 2.48. The first kappa shape index (κ1) is 16.6. The van der Waals surface area contributed by atoms with E-state index in [1.807, 2.05) is 0 Å². The van der Waals surface area contributed by atoms with Gasteiger partial charge in [0.1, 0.15) is 18.6 Å². The number of hydrogen-bond acceptors (Lipinski definition) is 9. The summed E-state index contributed by atoms with van der Waals surface area (Å²) >= 11 is 0. The Labute approximate surface area is 120 Å². The van der Waals surface area contributed by atoms with E-state index in [0.717, 1.165) is 0 Å². The quantitative estimate of drug-likeness (QED) is 0.222. The number of nitrogens with one attached hydrogen (secondary N) is 3. The molecular weight excluding hydrogens is 443 g/mol. The van der Waals surface area contributed by atoms with Gasteiger partial charge in [-0.2, -0.15) is 30.9 Å². The average Bonchev–Trinajstić information content (AvgIpc) is 3.05. The molecule has 6 N–H and O–H groups in total. The molecule has 3 rings (SSSR count). The molecule has 0 atom stereocenters. The third-order valence-electron chi connectivity index (χ3n) is 1.21. The van der Waals surface area contributed by atoms with Gasteiger partial charge in [-0.3, -0.25) is 0 Å². The van der Waals surface area contributed by atoms with Crippen LogP contribution in [0.1, 0.15) is 0 Å². The van der Waals surface area contributed by atoms with E-state index in [9.17, 15) is 0 Å². The predicted octanol–water partition coefficient (Wildman–Crippen LogP) is -1.47. The van der Waals surface area contributed by atoms with Crippen LogP contribution in [0.2, 0.25) is 0 Å². The minimum absolute atomic E-state index is 0. The van der Waals surface area contributed by atoms with Gasteiger partial charge in [0, 0.05) is 22.4 Å². The summed E-state index contributed by atoms with van der Waals surface area (Å²) in [5.74, 6) is -0.222. The van der Waals surface area contributed by atoms with Crippen molar-refractivity contribution in [1.29, 1.82) is 0 Å². The van der Waals surface area contributed by atoms with Gasteiger partial charge in [0.15, 0.2) is 0 Å². The summed E-state index contributed by atoms with van der Waals surface area (Å²) in [6, 6.07) is 0. The molecule has 13 heteroatoms. The summed E-state index contributed by atoms with van der Waals surface area (Å²) in [6.07, 6.45) is 3.67. The van der Waals surface area contributed by atoms with E-state index in [4.69, 9.17) is 15.3 Å². The zero-order valence-electron chi connectivity index (χ0n) is 9.06. The van der Waals surface area contributed by atoms with E-state index < -0.39 is 0 Å². The van der Waals surface area contributed by atoms with Gasteiger partial charge in [-0.15, -0.1) is 15.3 Å². The minimum atomic E-state index is -0.0741.